The molecule has 0 saturated heterocycles. The Morgan fingerprint density at radius 1 is 1.38 bits per heavy atom. The maximum Gasteiger partial charge on any atom is 0.233 e. The molecule has 0 unspecified atom stereocenters. The largest absolute Gasteiger partial charge is 0.294 e. The van der Waals surface area contributed by atoms with Gasteiger partial charge in [0.25, 0.3) is 0 Å². The van der Waals surface area contributed by atoms with Gasteiger partial charge < -0.3 is 0 Å². The number of carbonyl (C=O) groups excluding carboxylic acids is 1. The molecule has 1 aliphatic carbocycles. The van der Waals surface area contributed by atoms with E-state index in [1.165, 1.54) is 11.3 Å². The van der Waals surface area contributed by atoms with E-state index in [4.69, 9.17) is 0 Å². The Morgan fingerprint density at radius 2 is 2.25 bits per heavy atom. The molecule has 2 aromatic heterocycles. The summed E-state index contributed by atoms with van der Waals surface area (Å²) in [6, 6.07) is 0. The van der Waals surface area contributed by atoms with E-state index in [-0.39, 0.29) is 5.78 Å². The van der Waals surface area contributed by atoms with Crippen molar-refractivity contribution in [3.63, 3.8) is 0 Å². The van der Waals surface area contributed by atoms with Gasteiger partial charge in [0, 0.05) is 6.42 Å². The van der Waals surface area contributed by atoms with E-state index < -0.39 is 0 Å². The zero-order chi connectivity index (χ0) is 11.1. The minimum atomic E-state index is 0.189. The molecule has 0 aromatic carbocycles. The van der Waals surface area contributed by atoms with Gasteiger partial charge in [-0.3, -0.25) is 4.79 Å². The summed E-state index contributed by atoms with van der Waals surface area (Å²) < 4.78 is 1.75. The van der Waals surface area contributed by atoms with Crippen LogP contribution >= 0.6 is 11.3 Å². The summed E-state index contributed by atoms with van der Waals surface area (Å²) in [5.74, 6) is 0.189. The van der Waals surface area contributed by atoms with E-state index in [9.17, 15) is 4.79 Å². The summed E-state index contributed by atoms with van der Waals surface area (Å²) in [6.07, 6.45) is 4.07. The fraction of sp³-hybridized carbons (Fsp3) is 0.400. The number of fused-ring (bicyclic) bond motifs is 1. The molecule has 1 aliphatic rings. The first-order valence-corrected chi connectivity index (χ1v) is 5.98. The Bertz CT molecular complexity index is 557. The lowest BCUT2D eigenvalue weighted by Gasteiger charge is -2.10. The Kier molecular flexibility index (Phi) is 2.10. The molecule has 0 spiro atoms. The summed E-state index contributed by atoms with van der Waals surface area (Å²) in [5, 5.41) is 13.9. The lowest BCUT2D eigenvalue weighted by Crippen LogP contribution is -2.12. The smallest absolute Gasteiger partial charge is 0.233 e. The standard InChI is InChI=1S/C10H10N4OS/c1-6-12-13-10(16-6)14-8-3-2-4-9(15)7(8)5-11-14/h5H,2-4H2,1H3. The van der Waals surface area contributed by atoms with Crippen LogP contribution in [0, 0.1) is 6.92 Å². The second-order valence-corrected chi connectivity index (χ2v) is 4.96. The Morgan fingerprint density at radius 3 is 3.00 bits per heavy atom. The zero-order valence-electron chi connectivity index (χ0n) is 8.80. The summed E-state index contributed by atoms with van der Waals surface area (Å²) in [7, 11) is 0. The molecule has 0 amide bonds. The number of ketones is 1. The average Bonchev–Trinajstić information content (AvgIpc) is 2.84. The first-order valence-electron chi connectivity index (χ1n) is 5.16. The van der Waals surface area contributed by atoms with Crippen molar-refractivity contribution in [3.8, 4) is 5.13 Å². The maximum absolute atomic E-state index is 11.6. The van der Waals surface area contributed by atoms with Crippen LogP contribution in [0.15, 0.2) is 6.20 Å². The molecule has 82 valence electrons. The quantitative estimate of drug-likeness (QED) is 0.751. The number of carbonyl (C=O) groups is 1. The molecule has 3 rings (SSSR count). The number of aromatic nitrogens is 4. The topological polar surface area (TPSA) is 60.7 Å². The molecule has 0 radical (unpaired) electrons. The lowest BCUT2D eigenvalue weighted by molar-refractivity contribution is 0.0972. The molecular formula is C10H10N4OS. The van der Waals surface area contributed by atoms with Crippen molar-refractivity contribution in [1.29, 1.82) is 0 Å². The SMILES string of the molecule is Cc1nnc(-n2ncc3c2CCCC3=O)s1. The molecule has 2 aromatic rings. The van der Waals surface area contributed by atoms with E-state index in [1.807, 2.05) is 6.92 Å². The van der Waals surface area contributed by atoms with Crippen molar-refractivity contribution in [2.75, 3.05) is 0 Å². The Balaban J connectivity index is 2.12. The minimum absolute atomic E-state index is 0.189. The van der Waals surface area contributed by atoms with Gasteiger partial charge in [-0.25, -0.2) is 4.68 Å². The number of aryl methyl sites for hydroxylation is 1. The molecule has 16 heavy (non-hydrogen) atoms. The molecule has 0 aliphatic heterocycles. The molecule has 2 heterocycles. The van der Waals surface area contributed by atoms with Crippen LogP contribution < -0.4 is 0 Å². The Hall–Kier alpha value is -1.56. The van der Waals surface area contributed by atoms with Crippen molar-refractivity contribution >= 4 is 17.1 Å². The van der Waals surface area contributed by atoms with Gasteiger partial charge in [0.1, 0.15) is 5.01 Å². The molecule has 0 bridgehead atoms. The van der Waals surface area contributed by atoms with E-state index in [2.05, 4.69) is 15.3 Å². The number of hydrogen-bond acceptors (Lipinski definition) is 5. The first kappa shape index (κ1) is 9.65. The summed E-state index contributed by atoms with van der Waals surface area (Å²) >= 11 is 1.49. The highest BCUT2D eigenvalue weighted by atomic mass is 32.1. The number of hydrogen-bond donors (Lipinski definition) is 0. The van der Waals surface area contributed by atoms with Crippen LogP contribution in [0.3, 0.4) is 0 Å². The van der Waals surface area contributed by atoms with E-state index in [0.717, 1.165) is 34.2 Å². The summed E-state index contributed by atoms with van der Waals surface area (Å²) in [4.78, 5) is 11.6. The molecular weight excluding hydrogens is 224 g/mol. The monoisotopic (exact) mass is 234 g/mol. The average molecular weight is 234 g/mol. The van der Waals surface area contributed by atoms with Crippen LogP contribution in [0.2, 0.25) is 0 Å². The van der Waals surface area contributed by atoms with Crippen LogP contribution in [0.5, 0.6) is 0 Å². The van der Waals surface area contributed by atoms with Crippen molar-refractivity contribution in [2.45, 2.75) is 26.2 Å². The highest BCUT2D eigenvalue weighted by molar-refractivity contribution is 7.13. The highest BCUT2D eigenvalue weighted by Crippen LogP contribution is 2.24. The van der Waals surface area contributed by atoms with Crippen molar-refractivity contribution < 1.29 is 4.79 Å². The molecule has 0 fully saturated rings. The normalized spacial score (nSPS) is 15.2. The van der Waals surface area contributed by atoms with Crippen LogP contribution in [0.4, 0.5) is 0 Å². The fourth-order valence-corrected chi connectivity index (χ4v) is 2.61. The minimum Gasteiger partial charge on any atom is -0.294 e. The van der Waals surface area contributed by atoms with Gasteiger partial charge in [-0.05, 0) is 19.8 Å². The predicted molar refractivity (Wildman–Crippen MR) is 59.0 cm³/mol. The van der Waals surface area contributed by atoms with E-state index >= 15 is 0 Å². The summed E-state index contributed by atoms with van der Waals surface area (Å²) in [6.45, 7) is 1.91. The lowest BCUT2D eigenvalue weighted by atomic mass is 9.97. The van der Waals surface area contributed by atoms with Crippen molar-refractivity contribution in [3.05, 3.63) is 22.5 Å². The number of nitrogens with zero attached hydrogens (tertiary/aromatic N) is 4. The maximum atomic E-state index is 11.6. The summed E-state index contributed by atoms with van der Waals surface area (Å²) in [5.41, 5.74) is 1.73. The van der Waals surface area contributed by atoms with Crippen LogP contribution in [-0.4, -0.2) is 25.8 Å². The predicted octanol–water partition coefficient (Wildman–Crippen LogP) is 1.55. The van der Waals surface area contributed by atoms with Gasteiger partial charge >= 0.3 is 0 Å². The molecule has 0 atom stereocenters. The first-order chi connectivity index (χ1) is 7.75. The van der Waals surface area contributed by atoms with Crippen LogP contribution in [0.25, 0.3) is 5.13 Å². The van der Waals surface area contributed by atoms with Gasteiger partial charge in [0.05, 0.1) is 17.5 Å². The van der Waals surface area contributed by atoms with Crippen LogP contribution in [0.1, 0.15) is 33.9 Å². The highest BCUT2D eigenvalue weighted by Gasteiger charge is 2.23. The third-order valence-corrected chi connectivity index (χ3v) is 3.50. The number of rotatable bonds is 1. The van der Waals surface area contributed by atoms with E-state index in [0.29, 0.717) is 6.42 Å². The third kappa shape index (κ3) is 1.37. The van der Waals surface area contributed by atoms with Crippen molar-refractivity contribution in [2.24, 2.45) is 0 Å². The van der Waals surface area contributed by atoms with Gasteiger partial charge in [-0.2, -0.15) is 5.10 Å². The van der Waals surface area contributed by atoms with Crippen LogP contribution in [-0.2, 0) is 6.42 Å². The van der Waals surface area contributed by atoms with E-state index in [1.54, 1.807) is 10.9 Å². The van der Waals surface area contributed by atoms with Crippen molar-refractivity contribution in [1.82, 2.24) is 20.0 Å². The Labute approximate surface area is 96.1 Å². The molecule has 6 heteroatoms. The number of Topliss-reactive ketones (excluding diaryl/α,β-unsaturated/α-hetero) is 1. The second-order valence-electron chi connectivity index (χ2n) is 3.80. The third-order valence-electron chi connectivity index (χ3n) is 2.68. The molecule has 0 N–H and O–H groups in total. The molecule has 0 saturated carbocycles. The van der Waals surface area contributed by atoms with Gasteiger partial charge in [0.2, 0.25) is 5.13 Å². The van der Waals surface area contributed by atoms with Gasteiger partial charge in [0.15, 0.2) is 5.78 Å². The van der Waals surface area contributed by atoms with Gasteiger partial charge in [-0.1, -0.05) is 11.3 Å². The molecule has 5 nitrogen and oxygen atoms in total. The van der Waals surface area contributed by atoms with Gasteiger partial charge in [-0.15, -0.1) is 10.2 Å². The fourth-order valence-electron chi connectivity index (χ4n) is 1.93. The zero-order valence-corrected chi connectivity index (χ0v) is 9.62. The second kappa shape index (κ2) is 3.48.